The molecule has 1 N–H and O–H groups in total. The normalized spacial score (nSPS) is 10.6. The van der Waals surface area contributed by atoms with Crippen molar-refractivity contribution in [2.45, 2.75) is 13.2 Å². The zero-order chi connectivity index (χ0) is 18.4. The second kappa shape index (κ2) is 8.19. The van der Waals surface area contributed by atoms with Gasteiger partial charge in [-0.1, -0.05) is 12.1 Å². The van der Waals surface area contributed by atoms with Crippen molar-refractivity contribution in [1.82, 2.24) is 9.97 Å². The summed E-state index contributed by atoms with van der Waals surface area (Å²) in [5.41, 5.74) is 0.719. The summed E-state index contributed by atoms with van der Waals surface area (Å²) >= 11 is 0. The standard InChI is InChI=1S/C18H14F3N3O2/c19-13-4-6-14(7-5-13)25-16-8-9-22-18(24-16)23-11-12-2-1-3-15(10-12)26-17(20)21/h1-10,17H,11H2,(H,22,23,24). The van der Waals surface area contributed by atoms with E-state index in [4.69, 9.17) is 4.74 Å². The van der Waals surface area contributed by atoms with Gasteiger partial charge in [-0.05, 0) is 42.0 Å². The lowest BCUT2D eigenvalue weighted by Gasteiger charge is -2.09. The number of benzene rings is 2. The molecular weight excluding hydrogens is 347 g/mol. The van der Waals surface area contributed by atoms with E-state index < -0.39 is 6.61 Å². The van der Waals surface area contributed by atoms with Gasteiger partial charge in [-0.3, -0.25) is 0 Å². The predicted octanol–water partition coefficient (Wildman–Crippen LogP) is 4.62. The number of alkyl halides is 2. The van der Waals surface area contributed by atoms with Crippen LogP contribution in [0, 0.1) is 5.82 Å². The Morgan fingerprint density at radius 3 is 2.58 bits per heavy atom. The highest BCUT2D eigenvalue weighted by Crippen LogP contribution is 2.21. The third-order valence-corrected chi connectivity index (χ3v) is 3.24. The van der Waals surface area contributed by atoms with Crippen molar-refractivity contribution < 1.29 is 22.6 Å². The van der Waals surface area contributed by atoms with Gasteiger partial charge in [-0.2, -0.15) is 13.8 Å². The molecule has 134 valence electrons. The molecule has 0 atom stereocenters. The van der Waals surface area contributed by atoms with Crippen LogP contribution >= 0.6 is 0 Å². The molecule has 0 unspecified atom stereocenters. The molecule has 0 aliphatic heterocycles. The molecule has 5 nitrogen and oxygen atoms in total. The number of ether oxygens (including phenoxy) is 2. The fraction of sp³-hybridized carbons (Fsp3) is 0.111. The minimum atomic E-state index is -2.87. The monoisotopic (exact) mass is 361 g/mol. The second-order valence-electron chi connectivity index (χ2n) is 5.15. The van der Waals surface area contributed by atoms with Crippen LogP contribution in [-0.4, -0.2) is 16.6 Å². The van der Waals surface area contributed by atoms with E-state index in [0.29, 0.717) is 18.2 Å². The number of hydrogen-bond acceptors (Lipinski definition) is 5. The van der Waals surface area contributed by atoms with Gasteiger partial charge >= 0.3 is 6.61 Å². The van der Waals surface area contributed by atoms with Crippen molar-refractivity contribution in [1.29, 1.82) is 0 Å². The highest BCUT2D eigenvalue weighted by atomic mass is 19.3. The maximum atomic E-state index is 12.9. The molecule has 1 aromatic heterocycles. The Balaban J connectivity index is 1.63. The number of anilines is 1. The van der Waals surface area contributed by atoms with Crippen LogP contribution in [0.1, 0.15) is 5.56 Å². The maximum absolute atomic E-state index is 12.9. The number of nitrogens with one attached hydrogen (secondary N) is 1. The summed E-state index contributed by atoms with van der Waals surface area (Å²) in [7, 11) is 0. The van der Waals surface area contributed by atoms with Gasteiger partial charge in [-0.25, -0.2) is 9.37 Å². The van der Waals surface area contributed by atoms with Gasteiger partial charge in [0.1, 0.15) is 17.3 Å². The SMILES string of the molecule is Fc1ccc(Oc2ccnc(NCc3cccc(OC(F)F)c3)n2)cc1. The summed E-state index contributed by atoms with van der Waals surface area (Å²) in [6.45, 7) is -2.57. The van der Waals surface area contributed by atoms with Gasteiger partial charge < -0.3 is 14.8 Å². The Morgan fingerprint density at radius 1 is 1.00 bits per heavy atom. The number of hydrogen-bond donors (Lipinski definition) is 1. The Hall–Kier alpha value is -3.29. The predicted molar refractivity (Wildman–Crippen MR) is 88.9 cm³/mol. The fourth-order valence-electron chi connectivity index (χ4n) is 2.12. The summed E-state index contributed by atoms with van der Waals surface area (Å²) in [6, 6.07) is 13.4. The second-order valence-corrected chi connectivity index (χ2v) is 5.15. The molecule has 3 aromatic rings. The molecule has 3 rings (SSSR count). The quantitative estimate of drug-likeness (QED) is 0.665. The molecule has 2 aromatic carbocycles. The van der Waals surface area contributed by atoms with Crippen LogP contribution in [0.25, 0.3) is 0 Å². The van der Waals surface area contributed by atoms with Crippen molar-refractivity contribution in [3.8, 4) is 17.4 Å². The van der Waals surface area contributed by atoms with E-state index >= 15 is 0 Å². The third kappa shape index (κ3) is 5.10. The summed E-state index contributed by atoms with van der Waals surface area (Å²) in [5, 5.41) is 2.97. The topological polar surface area (TPSA) is 56.3 Å². The lowest BCUT2D eigenvalue weighted by molar-refractivity contribution is -0.0498. The fourth-order valence-corrected chi connectivity index (χ4v) is 2.12. The Kier molecular flexibility index (Phi) is 5.52. The first kappa shape index (κ1) is 17.5. The highest BCUT2D eigenvalue weighted by molar-refractivity contribution is 5.34. The molecule has 0 spiro atoms. The maximum Gasteiger partial charge on any atom is 0.387 e. The van der Waals surface area contributed by atoms with Gasteiger partial charge in [0, 0.05) is 18.8 Å². The van der Waals surface area contributed by atoms with E-state index in [0.717, 1.165) is 5.56 Å². The van der Waals surface area contributed by atoms with Crippen LogP contribution in [0.3, 0.4) is 0 Å². The van der Waals surface area contributed by atoms with Crippen molar-refractivity contribution in [2.24, 2.45) is 0 Å². The highest BCUT2D eigenvalue weighted by Gasteiger charge is 2.06. The third-order valence-electron chi connectivity index (χ3n) is 3.24. The van der Waals surface area contributed by atoms with Gasteiger partial charge in [-0.15, -0.1) is 0 Å². The molecule has 0 radical (unpaired) electrons. The number of nitrogens with zero attached hydrogens (tertiary/aromatic N) is 2. The Morgan fingerprint density at radius 2 is 1.81 bits per heavy atom. The van der Waals surface area contributed by atoms with E-state index in [2.05, 4.69) is 20.0 Å². The smallest absolute Gasteiger partial charge is 0.387 e. The summed E-state index contributed by atoms with van der Waals surface area (Å²) < 4.78 is 47.3. The van der Waals surface area contributed by atoms with Crippen LogP contribution in [0.2, 0.25) is 0 Å². The molecule has 8 heteroatoms. The van der Waals surface area contributed by atoms with Crippen LogP contribution in [0.15, 0.2) is 60.8 Å². The van der Waals surface area contributed by atoms with E-state index in [1.807, 2.05) is 0 Å². The van der Waals surface area contributed by atoms with Gasteiger partial charge in [0.2, 0.25) is 11.8 Å². The average Bonchev–Trinajstić information content (AvgIpc) is 2.62. The number of aromatic nitrogens is 2. The van der Waals surface area contributed by atoms with Crippen molar-refractivity contribution >= 4 is 5.95 Å². The van der Waals surface area contributed by atoms with E-state index in [-0.39, 0.29) is 17.4 Å². The van der Waals surface area contributed by atoms with Gasteiger partial charge in [0.05, 0.1) is 0 Å². The lowest BCUT2D eigenvalue weighted by atomic mass is 10.2. The van der Waals surface area contributed by atoms with Crippen molar-refractivity contribution in [3.05, 3.63) is 72.2 Å². The average molecular weight is 361 g/mol. The first-order chi connectivity index (χ1) is 12.6. The summed E-state index contributed by atoms with van der Waals surface area (Å²) in [4.78, 5) is 8.25. The number of halogens is 3. The first-order valence-corrected chi connectivity index (χ1v) is 7.62. The van der Waals surface area contributed by atoms with Gasteiger partial charge in [0.15, 0.2) is 0 Å². The molecule has 1 heterocycles. The van der Waals surface area contributed by atoms with E-state index in [1.165, 1.54) is 42.6 Å². The van der Waals surface area contributed by atoms with E-state index in [9.17, 15) is 13.2 Å². The molecule has 0 saturated heterocycles. The molecule has 0 fully saturated rings. The van der Waals surface area contributed by atoms with Crippen LogP contribution in [0.5, 0.6) is 17.4 Å². The molecule has 0 bridgehead atoms. The van der Waals surface area contributed by atoms with Crippen LogP contribution in [-0.2, 0) is 6.54 Å². The molecule has 0 saturated carbocycles. The van der Waals surface area contributed by atoms with Crippen LogP contribution < -0.4 is 14.8 Å². The minimum Gasteiger partial charge on any atom is -0.439 e. The minimum absolute atomic E-state index is 0.0774. The number of rotatable bonds is 7. The molecular formula is C18H14F3N3O2. The Labute approximate surface area is 147 Å². The van der Waals surface area contributed by atoms with Crippen LogP contribution in [0.4, 0.5) is 19.1 Å². The zero-order valence-corrected chi connectivity index (χ0v) is 13.4. The van der Waals surface area contributed by atoms with Crippen molar-refractivity contribution in [3.63, 3.8) is 0 Å². The zero-order valence-electron chi connectivity index (χ0n) is 13.4. The molecule has 0 aliphatic carbocycles. The summed E-state index contributed by atoms with van der Waals surface area (Å²) in [6.07, 6.45) is 1.50. The Bertz CT molecular complexity index is 860. The first-order valence-electron chi connectivity index (χ1n) is 7.62. The lowest BCUT2D eigenvalue weighted by Crippen LogP contribution is -2.05. The summed E-state index contributed by atoms with van der Waals surface area (Å²) in [5.74, 6) is 0.732. The van der Waals surface area contributed by atoms with E-state index in [1.54, 1.807) is 18.2 Å². The molecule has 26 heavy (non-hydrogen) atoms. The molecule has 0 aliphatic rings. The van der Waals surface area contributed by atoms with Gasteiger partial charge in [0.25, 0.3) is 0 Å². The largest absolute Gasteiger partial charge is 0.439 e. The molecule has 0 amide bonds. The van der Waals surface area contributed by atoms with Crippen molar-refractivity contribution in [2.75, 3.05) is 5.32 Å².